The molecule has 6 heteroatoms. The lowest BCUT2D eigenvalue weighted by Gasteiger charge is -2.22. The van der Waals surface area contributed by atoms with E-state index in [0.29, 0.717) is 37.5 Å². The van der Waals surface area contributed by atoms with E-state index in [-0.39, 0.29) is 18.4 Å². The van der Waals surface area contributed by atoms with Crippen molar-refractivity contribution in [3.63, 3.8) is 0 Å². The number of amides is 2. The molecule has 2 amide bonds. The smallest absolute Gasteiger partial charge is 0.260 e. The van der Waals surface area contributed by atoms with Gasteiger partial charge in [-0.25, -0.2) is 0 Å². The lowest BCUT2D eigenvalue weighted by Crippen LogP contribution is -2.39. The van der Waals surface area contributed by atoms with Gasteiger partial charge in [0, 0.05) is 31.7 Å². The second-order valence-electron chi connectivity index (χ2n) is 7.44. The fourth-order valence-corrected chi connectivity index (χ4v) is 3.56. The zero-order valence-corrected chi connectivity index (χ0v) is 17.8. The van der Waals surface area contributed by atoms with Gasteiger partial charge in [0.25, 0.3) is 11.8 Å². The first-order valence-corrected chi connectivity index (χ1v) is 10.5. The fraction of sp³-hybridized carbons (Fsp3) is 0.417. The normalized spacial score (nSPS) is 14.2. The lowest BCUT2D eigenvalue weighted by atomic mass is 10.1. The topological polar surface area (TPSA) is 59.1 Å². The van der Waals surface area contributed by atoms with Crippen LogP contribution in [-0.2, 0) is 11.2 Å². The Hall–Kier alpha value is -3.02. The summed E-state index contributed by atoms with van der Waals surface area (Å²) in [7, 11) is 1.60. The highest BCUT2D eigenvalue weighted by Gasteiger charge is 2.23. The van der Waals surface area contributed by atoms with E-state index in [0.717, 1.165) is 25.0 Å². The lowest BCUT2D eigenvalue weighted by molar-refractivity contribution is -0.133. The number of aryl methyl sites for hydroxylation is 1. The molecule has 1 aliphatic rings. The van der Waals surface area contributed by atoms with E-state index in [1.165, 1.54) is 5.56 Å². The van der Waals surface area contributed by atoms with Crippen LogP contribution < -0.4 is 9.47 Å². The molecule has 0 bridgehead atoms. The zero-order valence-electron chi connectivity index (χ0n) is 17.8. The SMILES string of the molecule is CCCc1ccc(OCC(=O)N2CCCN(C(=O)c3ccc(OC)cc3)CC2)cc1. The molecule has 160 valence electrons. The van der Waals surface area contributed by atoms with Gasteiger partial charge in [-0.3, -0.25) is 9.59 Å². The van der Waals surface area contributed by atoms with Crippen molar-refractivity contribution in [2.45, 2.75) is 26.2 Å². The minimum Gasteiger partial charge on any atom is -0.497 e. The Labute approximate surface area is 178 Å². The molecular formula is C24H30N2O4. The van der Waals surface area contributed by atoms with E-state index < -0.39 is 0 Å². The molecule has 3 rings (SSSR count). The summed E-state index contributed by atoms with van der Waals surface area (Å²) >= 11 is 0. The first-order chi connectivity index (χ1) is 14.6. The molecule has 1 saturated heterocycles. The Balaban J connectivity index is 1.49. The van der Waals surface area contributed by atoms with E-state index in [4.69, 9.17) is 9.47 Å². The van der Waals surface area contributed by atoms with Crippen LogP contribution in [0, 0.1) is 0 Å². The Bertz CT molecular complexity index is 833. The van der Waals surface area contributed by atoms with Crippen molar-refractivity contribution < 1.29 is 19.1 Å². The maximum Gasteiger partial charge on any atom is 0.260 e. The average molecular weight is 411 g/mol. The van der Waals surface area contributed by atoms with Crippen molar-refractivity contribution >= 4 is 11.8 Å². The molecule has 1 heterocycles. The third kappa shape index (κ3) is 5.75. The van der Waals surface area contributed by atoms with Gasteiger partial charge < -0.3 is 19.3 Å². The van der Waals surface area contributed by atoms with Crippen LogP contribution in [0.25, 0.3) is 0 Å². The van der Waals surface area contributed by atoms with Gasteiger partial charge >= 0.3 is 0 Å². The van der Waals surface area contributed by atoms with Crippen LogP contribution in [0.5, 0.6) is 11.5 Å². The van der Waals surface area contributed by atoms with Crippen LogP contribution in [0.1, 0.15) is 35.7 Å². The molecule has 6 nitrogen and oxygen atoms in total. The van der Waals surface area contributed by atoms with E-state index in [1.807, 2.05) is 29.2 Å². The number of ether oxygens (including phenoxy) is 2. The number of methoxy groups -OCH3 is 1. The van der Waals surface area contributed by atoms with Gasteiger partial charge in [0.05, 0.1) is 7.11 Å². The molecule has 1 fully saturated rings. The van der Waals surface area contributed by atoms with Crippen LogP contribution in [0.3, 0.4) is 0 Å². The van der Waals surface area contributed by atoms with Crippen LogP contribution >= 0.6 is 0 Å². The molecule has 0 spiro atoms. The summed E-state index contributed by atoms with van der Waals surface area (Å²) in [4.78, 5) is 29.0. The molecule has 1 aliphatic heterocycles. The number of carbonyl (C=O) groups excluding carboxylic acids is 2. The van der Waals surface area contributed by atoms with E-state index in [2.05, 4.69) is 6.92 Å². The number of hydrogen-bond donors (Lipinski definition) is 0. The number of benzene rings is 2. The molecule has 0 saturated carbocycles. The standard InChI is InChI=1S/C24H30N2O4/c1-3-5-19-6-10-22(11-7-19)30-18-23(27)25-14-4-15-26(17-16-25)24(28)20-8-12-21(29-2)13-9-20/h6-13H,3-5,14-18H2,1-2H3. The first kappa shape index (κ1) is 21.7. The molecule has 30 heavy (non-hydrogen) atoms. The molecule has 0 aromatic heterocycles. The van der Waals surface area contributed by atoms with Crippen molar-refractivity contribution in [1.82, 2.24) is 9.80 Å². The molecule has 2 aromatic carbocycles. The Morgan fingerprint density at radius 1 is 0.867 bits per heavy atom. The largest absolute Gasteiger partial charge is 0.497 e. The minimum atomic E-state index is -0.0496. The second-order valence-corrected chi connectivity index (χ2v) is 7.44. The maximum absolute atomic E-state index is 12.8. The van der Waals surface area contributed by atoms with Gasteiger partial charge in [0.15, 0.2) is 6.61 Å². The summed E-state index contributed by atoms with van der Waals surface area (Å²) in [5.41, 5.74) is 1.90. The van der Waals surface area contributed by atoms with Crippen LogP contribution in [0.4, 0.5) is 0 Å². The van der Waals surface area contributed by atoms with Crippen LogP contribution in [-0.4, -0.2) is 61.5 Å². The number of rotatable bonds is 7. The Morgan fingerprint density at radius 3 is 2.17 bits per heavy atom. The van der Waals surface area contributed by atoms with E-state index in [9.17, 15) is 9.59 Å². The van der Waals surface area contributed by atoms with Crippen LogP contribution in [0.15, 0.2) is 48.5 Å². The summed E-state index contributed by atoms with van der Waals surface area (Å²) in [6.45, 7) is 4.45. The third-order valence-electron chi connectivity index (χ3n) is 5.30. The molecule has 0 unspecified atom stereocenters. The van der Waals surface area contributed by atoms with Gasteiger partial charge in [-0.1, -0.05) is 25.5 Å². The maximum atomic E-state index is 12.8. The van der Waals surface area contributed by atoms with Gasteiger partial charge in [0.1, 0.15) is 11.5 Å². The van der Waals surface area contributed by atoms with Gasteiger partial charge in [-0.15, -0.1) is 0 Å². The number of hydrogen-bond acceptors (Lipinski definition) is 4. The second kappa shape index (κ2) is 10.7. The zero-order chi connectivity index (χ0) is 21.3. The predicted molar refractivity (Wildman–Crippen MR) is 116 cm³/mol. The predicted octanol–water partition coefficient (Wildman–Crippen LogP) is 3.40. The highest BCUT2D eigenvalue weighted by molar-refractivity contribution is 5.94. The highest BCUT2D eigenvalue weighted by Crippen LogP contribution is 2.16. The monoisotopic (exact) mass is 410 g/mol. The quantitative estimate of drug-likeness (QED) is 0.702. The van der Waals surface area contributed by atoms with E-state index in [1.54, 1.807) is 36.3 Å². The molecule has 0 N–H and O–H groups in total. The molecule has 2 aromatic rings. The average Bonchev–Trinajstić information content (AvgIpc) is 3.04. The molecule has 0 radical (unpaired) electrons. The summed E-state index contributed by atoms with van der Waals surface area (Å²) in [6.07, 6.45) is 2.89. The molecule has 0 atom stereocenters. The van der Waals surface area contributed by atoms with Crippen molar-refractivity contribution in [2.75, 3.05) is 39.9 Å². The number of carbonyl (C=O) groups is 2. The number of nitrogens with zero attached hydrogens (tertiary/aromatic N) is 2. The minimum absolute atomic E-state index is 0.0134. The van der Waals surface area contributed by atoms with Crippen molar-refractivity contribution in [2.24, 2.45) is 0 Å². The third-order valence-corrected chi connectivity index (χ3v) is 5.30. The molecular weight excluding hydrogens is 380 g/mol. The van der Waals surface area contributed by atoms with E-state index >= 15 is 0 Å². The van der Waals surface area contributed by atoms with Crippen LogP contribution in [0.2, 0.25) is 0 Å². The van der Waals surface area contributed by atoms with Crippen molar-refractivity contribution in [3.8, 4) is 11.5 Å². The van der Waals surface area contributed by atoms with Crippen molar-refractivity contribution in [3.05, 3.63) is 59.7 Å². The summed E-state index contributed by atoms with van der Waals surface area (Å²) in [6, 6.07) is 15.0. The summed E-state index contributed by atoms with van der Waals surface area (Å²) < 4.78 is 10.8. The molecule has 0 aliphatic carbocycles. The van der Waals surface area contributed by atoms with Gasteiger partial charge in [-0.05, 0) is 54.8 Å². The fourth-order valence-electron chi connectivity index (χ4n) is 3.56. The first-order valence-electron chi connectivity index (χ1n) is 10.5. The Morgan fingerprint density at radius 2 is 1.50 bits per heavy atom. The highest BCUT2D eigenvalue weighted by atomic mass is 16.5. The van der Waals surface area contributed by atoms with Gasteiger partial charge in [0.2, 0.25) is 0 Å². The summed E-state index contributed by atoms with van der Waals surface area (Å²) in [5.74, 6) is 1.36. The van der Waals surface area contributed by atoms with Gasteiger partial charge in [-0.2, -0.15) is 0 Å². The summed E-state index contributed by atoms with van der Waals surface area (Å²) in [5, 5.41) is 0. The van der Waals surface area contributed by atoms with Crippen molar-refractivity contribution in [1.29, 1.82) is 0 Å². The Kier molecular flexibility index (Phi) is 7.71.